The van der Waals surface area contributed by atoms with E-state index in [1.807, 2.05) is 31.2 Å². The number of piperidine rings is 1. The third-order valence-electron chi connectivity index (χ3n) is 4.73. The highest BCUT2D eigenvalue weighted by molar-refractivity contribution is 7.88. The topological polar surface area (TPSA) is 66.5 Å². The van der Waals surface area contributed by atoms with Crippen LogP contribution in [-0.2, 0) is 20.6 Å². The fourth-order valence-electron chi connectivity index (χ4n) is 3.17. The van der Waals surface area contributed by atoms with Crippen LogP contribution in [0, 0.1) is 12.8 Å². The average Bonchev–Trinajstić information content (AvgIpc) is 2.65. The van der Waals surface area contributed by atoms with Gasteiger partial charge in [0, 0.05) is 23.8 Å². The van der Waals surface area contributed by atoms with E-state index in [0.717, 1.165) is 11.3 Å². The van der Waals surface area contributed by atoms with Crippen molar-refractivity contribution >= 4 is 33.2 Å². The Morgan fingerprint density at radius 2 is 1.81 bits per heavy atom. The molecule has 1 heterocycles. The molecule has 7 heteroatoms. The van der Waals surface area contributed by atoms with Gasteiger partial charge >= 0.3 is 0 Å². The molecule has 1 amide bonds. The molecule has 1 aliphatic rings. The first-order valence-electron chi connectivity index (χ1n) is 8.93. The van der Waals surface area contributed by atoms with Crippen LogP contribution in [0.1, 0.15) is 24.0 Å². The lowest BCUT2D eigenvalue weighted by molar-refractivity contribution is -0.120. The van der Waals surface area contributed by atoms with Crippen molar-refractivity contribution in [3.8, 4) is 0 Å². The van der Waals surface area contributed by atoms with Crippen molar-refractivity contribution in [1.29, 1.82) is 0 Å². The molecule has 1 N–H and O–H groups in total. The summed E-state index contributed by atoms with van der Waals surface area (Å²) in [7, 11) is -3.48. The summed E-state index contributed by atoms with van der Waals surface area (Å²) in [5.41, 5.74) is 2.53. The van der Waals surface area contributed by atoms with Gasteiger partial charge < -0.3 is 5.32 Å². The highest BCUT2D eigenvalue weighted by Gasteiger charge is 2.32. The molecule has 0 radical (unpaired) electrons. The van der Waals surface area contributed by atoms with Crippen molar-refractivity contribution in [2.75, 3.05) is 18.4 Å². The molecular formula is C20H23ClN2O3S. The number of nitrogens with one attached hydrogen (secondary N) is 1. The molecule has 0 saturated carbocycles. The molecule has 144 valence electrons. The van der Waals surface area contributed by atoms with Crippen molar-refractivity contribution in [2.45, 2.75) is 25.5 Å². The quantitative estimate of drug-likeness (QED) is 0.820. The van der Waals surface area contributed by atoms with Crippen molar-refractivity contribution in [1.82, 2.24) is 4.31 Å². The lowest BCUT2D eigenvalue weighted by atomic mass is 9.98. The number of amides is 1. The van der Waals surface area contributed by atoms with Crippen LogP contribution in [0.4, 0.5) is 5.69 Å². The lowest BCUT2D eigenvalue weighted by Gasteiger charge is -2.31. The number of benzene rings is 2. The Morgan fingerprint density at radius 1 is 1.15 bits per heavy atom. The van der Waals surface area contributed by atoms with E-state index < -0.39 is 10.0 Å². The minimum absolute atomic E-state index is 0.0868. The van der Waals surface area contributed by atoms with Gasteiger partial charge in [-0.1, -0.05) is 41.4 Å². The molecule has 1 atom stereocenters. The Labute approximate surface area is 165 Å². The van der Waals surface area contributed by atoms with Gasteiger partial charge in [0.15, 0.2) is 0 Å². The molecule has 0 bridgehead atoms. The van der Waals surface area contributed by atoms with Gasteiger partial charge in [0.05, 0.1) is 11.7 Å². The molecule has 2 aromatic carbocycles. The number of hydrogen-bond donors (Lipinski definition) is 1. The molecule has 1 aliphatic heterocycles. The Morgan fingerprint density at radius 3 is 2.48 bits per heavy atom. The molecular weight excluding hydrogens is 384 g/mol. The number of carbonyl (C=O) groups is 1. The van der Waals surface area contributed by atoms with Gasteiger partial charge in [0.2, 0.25) is 15.9 Å². The van der Waals surface area contributed by atoms with E-state index in [1.54, 1.807) is 24.3 Å². The number of nitrogens with zero attached hydrogens (tertiary/aromatic N) is 1. The van der Waals surface area contributed by atoms with Gasteiger partial charge in [-0.2, -0.15) is 0 Å². The molecule has 27 heavy (non-hydrogen) atoms. The van der Waals surface area contributed by atoms with Crippen LogP contribution in [-0.4, -0.2) is 31.7 Å². The Bertz CT molecular complexity index is 896. The van der Waals surface area contributed by atoms with Crippen molar-refractivity contribution in [3.63, 3.8) is 0 Å². The SMILES string of the molecule is Cc1ccc(NC(=O)C2CCCN(S(=O)(=O)Cc3ccc(Cl)cc3)C2)cc1. The zero-order valence-corrected chi connectivity index (χ0v) is 16.8. The van der Waals surface area contributed by atoms with Crippen LogP contribution in [0.3, 0.4) is 0 Å². The maximum atomic E-state index is 12.8. The van der Waals surface area contributed by atoms with Crippen molar-refractivity contribution in [2.24, 2.45) is 5.92 Å². The normalized spacial score (nSPS) is 18.2. The standard InChI is InChI=1S/C20H23ClN2O3S/c1-15-4-10-19(11-5-15)22-20(24)17-3-2-12-23(13-17)27(25,26)14-16-6-8-18(21)9-7-16/h4-11,17H,2-3,12-14H2,1H3,(H,22,24). The van der Waals surface area contributed by atoms with Crippen LogP contribution < -0.4 is 5.32 Å². The van der Waals surface area contributed by atoms with E-state index in [0.29, 0.717) is 30.0 Å². The van der Waals surface area contributed by atoms with Gasteiger partial charge in [-0.25, -0.2) is 12.7 Å². The van der Waals surface area contributed by atoms with Crippen molar-refractivity contribution in [3.05, 3.63) is 64.7 Å². The molecule has 0 aromatic heterocycles. The fourth-order valence-corrected chi connectivity index (χ4v) is 4.91. The van der Waals surface area contributed by atoms with E-state index in [1.165, 1.54) is 4.31 Å². The number of hydrogen-bond acceptors (Lipinski definition) is 3. The second kappa shape index (κ2) is 8.42. The Kier molecular flexibility index (Phi) is 6.19. The van der Waals surface area contributed by atoms with Gasteiger partial charge in [-0.05, 0) is 49.6 Å². The summed E-state index contributed by atoms with van der Waals surface area (Å²) in [4.78, 5) is 12.6. The number of halogens is 1. The second-order valence-corrected chi connectivity index (χ2v) is 9.34. The summed E-state index contributed by atoms with van der Waals surface area (Å²) >= 11 is 5.86. The van der Waals surface area contributed by atoms with E-state index in [9.17, 15) is 13.2 Å². The molecule has 2 aromatic rings. The third-order valence-corrected chi connectivity index (χ3v) is 6.80. The highest BCUT2D eigenvalue weighted by Crippen LogP contribution is 2.23. The summed E-state index contributed by atoms with van der Waals surface area (Å²) in [5.74, 6) is -0.568. The zero-order chi connectivity index (χ0) is 19.4. The number of sulfonamides is 1. The van der Waals surface area contributed by atoms with E-state index in [2.05, 4.69) is 5.32 Å². The minimum Gasteiger partial charge on any atom is -0.326 e. The number of anilines is 1. The van der Waals surface area contributed by atoms with E-state index in [4.69, 9.17) is 11.6 Å². The van der Waals surface area contributed by atoms with Gasteiger partial charge in [0.25, 0.3) is 0 Å². The van der Waals surface area contributed by atoms with Crippen molar-refractivity contribution < 1.29 is 13.2 Å². The molecule has 0 spiro atoms. The van der Waals surface area contributed by atoms with Gasteiger partial charge in [-0.3, -0.25) is 4.79 Å². The maximum Gasteiger partial charge on any atom is 0.228 e. The van der Waals surface area contributed by atoms with Crippen LogP contribution in [0.15, 0.2) is 48.5 Å². The smallest absolute Gasteiger partial charge is 0.228 e. The molecule has 1 unspecified atom stereocenters. The lowest BCUT2D eigenvalue weighted by Crippen LogP contribution is -2.44. The summed E-state index contributed by atoms with van der Waals surface area (Å²) in [6, 6.07) is 14.4. The molecule has 0 aliphatic carbocycles. The van der Waals surface area contributed by atoms with E-state index in [-0.39, 0.29) is 24.1 Å². The Balaban J connectivity index is 1.64. The third kappa shape index (κ3) is 5.31. The molecule has 1 saturated heterocycles. The first-order chi connectivity index (χ1) is 12.8. The maximum absolute atomic E-state index is 12.8. The Hall–Kier alpha value is -1.89. The number of rotatable bonds is 5. The first kappa shape index (κ1) is 19.9. The predicted molar refractivity (Wildman–Crippen MR) is 108 cm³/mol. The summed E-state index contributed by atoms with van der Waals surface area (Å²) < 4.78 is 27.0. The zero-order valence-electron chi connectivity index (χ0n) is 15.2. The molecule has 1 fully saturated rings. The van der Waals surface area contributed by atoms with Crippen LogP contribution in [0.2, 0.25) is 5.02 Å². The number of carbonyl (C=O) groups excluding carboxylic acids is 1. The first-order valence-corrected chi connectivity index (χ1v) is 10.9. The summed E-state index contributed by atoms with van der Waals surface area (Å²) in [6.45, 7) is 2.65. The average molecular weight is 407 g/mol. The predicted octanol–water partition coefficient (Wildman–Crippen LogP) is 3.83. The molecule has 5 nitrogen and oxygen atoms in total. The van der Waals surface area contributed by atoms with Gasteiger partial charge in [-0.15, -0.1) is 0 Å². The largest absolute Gasteiger partial charge is 0.326 e. The highest BCUT2D eigenvalue weighted by atomic mass is 35.5. The summed E-state index contributed by atoms with van der Waals surface area (Å²) in [5, 5.41) is 3.46. The van der Waals surface area contributed by atoms with E-state index >= 15 is 0 Å². The number of aryl methyl sites for hydroxylation is 1. The minimum atomic E-state index is -3.48. The van der Waals surface area contributed by atoms with Gasteiger partial charge in [0.1, 0.15) is 0 Å². The molecule has 3 rings (SSSR count). The van der Waals surface area contributed by atoms with Crippen LogP contribution >= 0.6 is 11.6 Å². The second-order valence-electron chi connectivity index (χ2n) is 6.94. The summed E-state index contributed by atoms with van der Waals surface area (Å²) in [6.07, 6.45) is 1.36. The van der Waals surface area contributed by atoms with Crippen LogP contribution in [0.25, 0.3) is 0 Å². The fraction of sp³-hybridized carbons (Fsp3) is 0.350. The monoisotopic (exact) mass is 406 g/mol. The van der Waals surface area contributed by atoms with Crippen LogP contribution in [0.5, 0.6) is 0 Å².